The third kappa shape index (κ3) is 3.29. The van der Waals surface area contributed by atoms with E-state index in [-0.39, 0.29) is 55.8 Å². The van der Waals surface area contributed by atoms with Crippen LogP contribution in [-0.4, -0.2) is 41.8 Å². The van der Waals surface area contributed by atoms with E-state index in [4.69, 9.17) is 0 Å². The Morgan fingerprint density at radius 3 is 2.38 bits per heavy atom. The molecule has 5 unspecified atom stereocenters. The lowest BCUT2D eigenvalue weighted by Gasteiger charge is -2.36. The number of halogens is 4. The molecule has 0 spiro atoms. The first-order valence-electron chi connectivity index (χ1n) is 8.53. The Morgan fingerprint density at radius 1 is 1.12 bits per heavy atom. The number of aliphatic hydroxyl groups is 1. The maximum atomic E-state index is 14.5. The Hall–Kier alpha value is -0.390. The summed E-state index contributed by atoms with van der Waals surface area (Å²) in [6, 6.07) is 0. The number of rotatable bonds is 6. The molecule has 3 aliphatic rings. The fourth-order valence-electron chi connectivity index (χ4n) is 4.31. The molecule has 5 nitrogen and oxygen atoms in total. The predicted molar refractivity (Wildman–Crippen MR) is 85.1 cm³/mol. The van der Waals surface area contributed by atoms with Gasteiger partial charge in [0.25, 0.3) is 0 Å². The van der Waals surface area contributed by atoms with E-state index in [1.165, 1.54) is 0 Å². The van der Waals surface area contributed by atoms with Crippen molar-refractivity contribution in [2.45, 2.75) is 67.5 Å². The number of hydrogen-bond acceptors (Lipinski definition) is 6. The first kappa shape index (κ1) is 20.3. The number of alkyl halides is 4. The fourth-order valence-corrected chi connectivity index (χ4v) is 6.41. The second kappa shape index (κ2) is 6.89. The molecule has 5 atom stereocenters. The summed E-state index contributed by atoms with van der Waals surface area (Å²) < 4.78 is 85.4. The van der Waals surface area contributed by atoms with Gasteiger partial charge in [-0.05, 0) is 43.9 Å². The molecular weight excluding hydrogens is 400 g/mol. The van der Waals surface area contributed by atoms with Crippen LogP contribution in [0.1, 0.15) is 44.9 Å². The molecule has 0 aliphatic heterocycles. The monoisotopic (exact) mass is 420 g/mol. The molecule has 2 bridgehead atoms. The molecule has 26 heavy (non-hydrogen) atoms. The SMILES string of the molecule is O=C1CCCCC1SOS(=O)(=O)C(F)(F)C(F)(F)C1CC2CC(O)C1C2. The Kier molecular flexibility index (Phi) is 5.39. The van der Waals surface area contributed by atoms with Gasteiger partial charge >= 0.3 is 21.3 Å². The zero-order valence-corrected chi connectivity index (χ0v) is 15.4. The van der Waals surface area contributed by atoms with Crippen LogP contribution >= 0.6 is 12.0 Å². The summed E-state index contributed by atoms with van der Waals surface area (Å²) in [4.78, 5) is 11.6. The number of hydrogen-bond donors (Lipinski definition) is 1. The highest BCUT2D eigenvalue weighted by atomic mass is 32.3. The standard InChI is InChI=1S/C15H20F4O5S2/c16-14(17,10-6-8-5-9(10)12(21)7-8)15(18,19)26(22,23)24-25-13-4-2-1-3-11(13)20/h8-10,12-13,21H,1-7H2. The van der Waals surface area contributed by atoms with E-state index >= 15 is 0 Å². The van der Waals surface area contributed by atoms with Crippen molar-refractivity contribution in [1.82, 2.24) is 0 Å². The minimum absolute atomic E-state index is 0.0136. The second-order valence-electron chi connectivity index (χ2n) is 7.37. The summed E-state index contributed by atoms with van der Waals surface area (Å²) in [7, 11) is -5.97. The Bertz CT molecular complexity index is 669. The third-order valence-electron chi connectivity index (χ3n) is 5.69. The molecule has 3 rings (SSSR count). The van der Waals surface area contributed by atoms with Gasteiger partial charge in [-0.15, -0.1) is 0 Å². The van der Waals surface area contributed by atoms with Crippen molar-refractivity contribution in [3.05, 3.63) is 0 Å². The lowest BCUT2D eigenvalue weighted by Crippen LogP contribution is -2.54. The van der Waals surface area contributed by atoms with E-state index in [0.717, 1.165) is 0 Å². The topological polar surface area (TPSA) is 80.7 Å². The lowest BCUT2D eigenvalue weighted by molar-refractivity contribution is -0.208. The first-order valence-corrected chi connectivity index (χ1v) is 10.7. The van der Waals surface area contributed by atoms with Crippen LogP contribution in [0, 0.1) is 17.8 Å². The summed E-state index contributed by atoms with van der Waals surface area (Å²) in [5.41, 5.74) is 0. The molecule has 150 valence electrons. The lowest BCUT2D eigenvalue weighted by atomic mass is 9.82. The van der Waals surface area contributed by atoms with Gasteiger partial charge in [0.1, 0.15) is 5.78 Å². The van der Waals surface area contributed by atoms with Gasteiger partial charge in [-0.25, -0.2) is 0 Å². The van der Waals surface area contributed by atoms with Crippen LogP contribution in [0.5, 0.6) is 0 Å². The van der Waals surface area contributed by atoms with Crippen LogP contribution in [0.2, 0.25) is 0 Å². The summed E-state index contributed by atoms with van der Waals surface area (Å²) in [5, 5.41) is 3.33. The average Bonchev–Trinajstić information content (AvgIpc) is 3.13. The van der Waals surface area contributed by atoms with E-state index in [9.17, 15) is 35.9 Å². The number of aliphatic hydroxyl groups excluding tert-OH is 1. The van der Waals surface area contributed by atoms with E-state index < -0.39 is 44.5 Å². The van der Waals surface area contributed by atoms with Crippen molar-refractivity contribution in [1.29, 1.82) is 0 Å². The van der Waals surface area contributed by atoms with Crippen LogP contribution in [0.25, 0.3) is 0 Å². The largest absolute Gasteiger partial charge is 0.432 e. The van der Waals surface area contributed by atoms with Crippen molar-refractivity contribution < 1.29 is 39.5 Å². The van der Waals surface area contributed by atoms with Gasteiger partial charge in [0, 0.05) is 24.4 Å². The normalized spacial score (nSPS) is 35.9. The highest BCUT2D eigenvalue weighted by Crippen LogP contribution is 2.58. The van der Waals surface area contributed by atoms with Crippen LogP contribution in [0.15, 0.2) is 0 Å². The van der Waals surface area contributed by atoms with Gasteiger partial charge in [0.2, 0.25) is 0 Å². The van der Waals surface area contributed by atoms with Crippen LogP contribution in [0.3, 0.4) is 0 Å². The smallest absolute Gasteiger partial charge is 0.393 e. The van der Waals surface area contributed by atoms with Gasteiger partial charge < -0.3 is 5.11 Å². The molecule has 0 aromatic heterocycles. The molecular formula is C15H20F4O5S2. The molecule has 0 radical (unpaired) electrons. The van der Waals surface area contributed by atoms with Crippen molar-refractivity contribution in [2.75, 3.05) is 0 Å². The highest BCUT2D eigenvalue weighted by Gasteiger charge is 2.73. The second-order valence-corrected chi connectivity index (χ2v) is 10.1. The maximum absolute atomic E-state index is 14.5. The molecule has 0 amide bonds. The van der Waals surface area contributed by atoms with E-state index in [1.807, 2.05) is 0 Å². The number of carbonyl (C=O) groups excluding carboxylic acids is 1. The molecule has 0 aromatic carbocycles. The minimum atomic E-state index is -5.97. The minimum Gasteiger partial charge on any atom is -0.393 e. The first-order chi connectivity index (χ1) is 12.0. The molecule has 3 fully saturated rings. The van der Waals surface area contributed by atoms with Gasteiger partial charge in [-0.1, -0.05) is 6.42 Å². The van der Waals surface area contributed by atoms with E-state index in [2.05, 4.69) is 3.63 Å². The summed E-state index contributed by atoms with van der Waals surface area (Å²) in [5.74, 6) is -8.50. The molecule has 1 N–H and O–H groups in total. The molecule has 3 aliphatic carbocycles. The van der Waals surface area contributed by atoms with E-state index in [0.29, 0.717) is 12.8 Å². The molecule has 0 heterocycles. The number of carbonyl (C=O) groups is 1. The average molecular weight is 420 g/mol. The van der Waals surface area contributed by atoms with Crippen LogP contribution in [-0.2, 0) is 18.5 Å². The summed E-state index contributed by atoms with van der Waals surface area (Å²) in [6.45, 7) is 0. The van der Waals surface area contributed by atoms with Gasteiger partial charge in [-0.2, -0.15) is 29.6 Å². The van der Waals surface area contributed by atoms with Crippen LogP contribution < -0.4 is 0 Å². The number of ketones is 1. The van der Waals surface area contributed by atoms with Crippen molar-refractivity contribution in [3.63, 3.8) is 0 Å². The Morgan fingerprint density at radius 2 is 1.81 bits per heavy atom. The third-order valence-corrected chi connectivity index (χ3v) is 8.35. The van der Waals surface area contributed by atoms with Crippen molar-refractivity contribution in [3.8, 4) is 0 Å². The zero-order chi connectivity index (χ0) is 19.3. The quantitative estimate of drug-likeness (QED) is 0.525. The highest BCUT2D eigenvalue weighted by molar-refractivity contribution is 8.05. The zero-order valence-electron chi connectivity index (χ0n) is 13.7. The van der Waals surface area contributed by atoms with Crippen molar-refractivity contribution in [2.24, 2.45) is 17.8 Å². The molecule has 0 saturated heterocycles. The van der Waals surface area contributed by atoms with Crippen LogP contribution in [0.4, 0.5) is 17.6 Å². The van der Waals surface area contributed by atoms with Crippen molar-refractivity contribution >= 4 is 27.9 Å². The molecule has 3 saturated carbocycles. The Balaban J connectivity index is 1.73. The Labute approximate surface area is 153 Å². The van der Waals surface area contributed by atoms with E-state index in [1.54, 1.807) is 0 Å². The van der Waals surface area contributed by atoms with Gasteiger partial charge in [0.15, 0.2) is 0 Å². The molecule has 0 aromatic rings. The fraction of sp³-hybridized carbons (Fsp3) is 0.933. The molecule has 11 heteroatoms. The summed E-state index contributed by atoms with van der Waals surface area (Å²) >= 11 is 0.0136. The maximum Gasteiger partial charge on any atom is 0.432 e. The summed E-state index contributed by atoms with van der Waals surface area (Å²) in [6.07, 6.45) is 0.712. The van der Waals surface area contributed by atoms with Gasteiger partial charge in [-0.3, -0.25) is 4.79 Å². The number of Topliss-reactive ketones (excluding diaryl/α,β-unsaturated/α-hetero) is 1. The number of fused-ring (bicyclic) bond motifs is 2. The van der Waals surface area contributed by atoms with Gasteiger partial charge in [0.05, 0.1) is 11.4 Å². The predicted octanol–water partition coefficient (Wildman–Crippen LogP) is 3.13.